The summed E-state index contributed by atoms with van der Waals surface area (Å²) in [5.41, 5.74) is 6.70. The largest absolute Gasteiger partial charge is 0.508 e. The summed E-state index contributed by atoms with van der Waals surface area (Å²) >= 11 is 0. The van der Waals surface area contributed by atoms with Gasteiger partial charge in [-0.25, -0.2) is 4.79 Å². The van der Waals surface area contributed by atoms with Crippen molar-refractivity contribution in [3.05, 3.63) is 65.7 Å². The summed E-state index contributed by atoms with van der Waals surface area (Å²) in [6, 6.07) is 8.40. The number of carboxylic acid groups (broad SMARTS) is 2. The molecule has 13 heteroatoms. The first-order valence-electron chi connectivity index (χ1n) is 12.0. The van der Waals surface area contributed by atoms with Gasteiger partial charge in [0.1, 0.15) is 29.9 Å². The molecule has 3 amide bonds. The van der Waals surface area contributed by atoms with Gasteiger partial charge in [-0.1, -0.05) is 42.5 Å². The van der Waals surface area contributed by atoms with Crippen molar-refractivity contribution in [1.29, 1.82) is 0 Å². The van der Waals surface area contributed by atoms with E-state index >= 15 is 0 Å². The first-order chi connectivity index (χ1) is 18.4. The fraction of sp³-hybridized carbons (Fsp3) is 0.346. The first-order valence-corrected chi connectivity index (χ1v) is 12.0. The number of carbonyl (C=O) groups is 5. The maximum Gasteiger partial charge on any atom is 0.326 e. The van der Waals surface area contributed by atoms with Crippen LogP contribution in [0.15, 0.2) is 54.6 Å². The zero-order valence-electron chi connectivity index (χ0n) is 21.1. The van der Waals surface area contributed by atoms with Crippen molar-refractivity contribution in [1.82, 2.24) is 16.0 Å². The van der Waals surface area contributed by atoms with Gasteiger partial charge in [0.25, 0.3) is 0 Å². The fourth-order valence-corrected chi connectivity index (χ4v) is 3.54. The smallest absolute Gasteiger partial charge is 0.326 e. The number of nitrogens with two attached hydrogens (primary N) is 1. The Morgan fingerprint density at radius 2 is 1.23 bits per heavy atom. The van der Waals surface area contributed by atoms with Crippen LogP contribution in [-0.2, 0) is 36.8 Å². The summed E-state index contributed by atoms with van der Waals surface area (Å²) in [7, 11) is 0. The fourth-order valence-electron chi connectivity index (χ4n) is 3.54. The minimum absolute atomic E-state index is 0.0160. The minimum Gasteiger partial charge on any atom is -0.508 e. The average molecular weight is 545 g/mol. The van der Waals surface area contributed by atoms with Gasteiger partial charge >= 0.3 is 11.9 Å². The molecule has 0 aliphatic heterocycles. The second-order valence-corrected chi connectivity index (χ2v) is 8.95. The lowest BCUT2D eigenvalue weighted by molar-refractivity contribution is -0.143. The number of aliphatic hydroxyl groups is 1. The Labute approximate surface area is 224 Å². The van der Waals surface area contributed by atoms with E-state index in [1.807, 2.05) is 0 Å². The molecule has 0 radical (unpaired) electrons. The number of phenolic OH excluding ortho intramolecular Hbond substituents is 1. The number of carbonyl (C=O) groups excluding carboxylic acids is 3. The van der Waals surface area contributed by atoms with Crippen LogP contribution in [0.5, 0.6) is 5.75 Å². The monoisotopic (exact) mass is 544 g/mol. The zero-order valence-corrected chi connectivity index (χ0v) is 21.1. The van der Waals surface area contributed by atoms with Crippen molar-refractivity contribution in [2.24, 2.45) is 5.73 Å². The van der Waals surface area contributed by atoms with Crippen LogP contribution in [0.2, 0.25) is 0 Å². The van der Waals surface area contributed by atoms with Gasteiger partial charge in [0.2, 0.25) is 17.7 Å². The molecule has 0 spiro atoms. The number of nitrogens with one attached hydrogen (secondary N) is 3. The lowest BCUT2D eigenvalue weighted by atomic mass is 10.0. The van der Waals surface area contributed by atoms with Gasteiger partial charge in [0.05, 0.1) is 12.5 Å². The summed E-state index contributed by atoms with van der Waals surface area (Å²) in [6.45, 7) is 1.24. The third-order valence-corrected chi connectivity index (χ3v) is 5.74. The number of hydrogen-bond donors (Lipinski definition) is 8. The Balaban J connectivity index is 2.26. The molecule has 9 N–H and O–H groups in total. The second kappa shape index (κ2) is 14.4. The third-order valence-electron chi connectivity index (χ3n) is 5.74. The molecule has 39 heavy (non-hydrogen) atoms. The maximum atomic E-state index is 13.2. The molecule has 0 saturated carbocycles. The number of hydrogen-bond acceptors (Lipinski definition) is 8. The van der Waals surface area contributed by atoms with E-state index in [0.29, 0.717) is 11.1 Å². The van der Waals surface area contributed by atoms with Crippen molar-refractivity contribution < 1.29 is 44.4 Å². The average Bonchev–Trinajstić information content (AvgIpc) is 2.88. The van der Waals surface area contributed by atoms with Crippen molar-refractivity contribution in [3.63, 3.8) is 0 Å². The van der Waals surface area contributed by atoms with Crippen LogP contribution >= 0.6 is 0 Å². The topological polar surface area (TPSA) is 228 Å². The molecule has 2 aromatic carbocycles. The van der Waals surface area contributed by atoms with Gasteiger partial charge in [-0.15, -0.1) is 0 Å². The summed E-state index contributed by atoms with van der Waals surface area (Å²) < 4.78 is 0. The summed E-state index contributed by atoms with van der Waals surface area (Å²) in [5, 5.41) is 44.9. The third kappa shape index (κ3) is 10.1. The number of aliphatic carboxylic acids is 2. The van der Waals surface area contributed by atoms with E-state index in [-0.39, 0.29) is 18.6 Å². The zero-order chi connectivity index (χ0) is 29.1. The molecule has 0 saturated heterocycles. The van der Waals surface area contributed by atoms with Crippen molar-refractivity contribution in [2.45, 2.75) is 56.5 Å². The van der Waals surface area contributed by atoms with Gasteiger partial charge < -0.3 is 42.1 Å². The number of carboxylic acids is 2. The Morgan fingerprint density at radius 1 is 0.744 bits per heavy atom. The Hall–Kier alpha value is -4.49. The molecule has 210 valence electrons. The number of aromatic hydroxyl groups is 1. The molecule has 0 aromatic heterocycles. The first kappa shape index (κ1) is 30.7. The lowest BCUT2D eigenvalue weighted by Gasteiger charge is -2.25. The van der Waals surface area contributed by atoms with Gasteiger partial charge in [-0.05, 0) is 30.2 Å². The standard InChI is InChI=1S/C26H32N4O9/c1-14(31)22(27)25(37)29-19(13-21(33)34)24(36)28-18(11-15-5-3-2-4-6-15)23(35)30-20(26(38)39)12-16-7-9-17(32)10-8-16/h2-10,14,18-20,22,31-32H,11-13,27H2,1H3,(H,28,36)(H,29,37)(H,30,35)(H,33,34)(H,38,39). The van der Waals surface area contributed by atoms with Crippen LogP contribution in [0, 0.1) is 0 Å². The highest BCUT2D eigenvalue weighted by Crippen LogP contribution is 2.12. The van der Waals surface area contributed by atoms with E-state index in [9.17, 15) is 44.4 Å². The lowest BCUT2D eigenvalue weighted by Crippen LogP contribution is -2.59. The molecule has 0 fully saturated rings. The number of phenols is 1. The van der Waals surface area contributed by atoms with Crippen LogP contribution in [0.25, 0.3) is 0 Å². The number of benzene rings is 2. The Morgan fingerprint density at radius 3 is 1.77 bits per heavy atom. The summed E-state index contributed by atoms with van der Waals surface area (Å²) in [4.78, 5) is 61.8. The molecule has 13 nitrogen and oxygen atoms in total. The van der Waals surface area contributed by atoms with Crippen LogP contribution < -0.4 is 21.7 Å². The van der Waals surface area contributed by atoms with Crippen molar-refractivity contribution >= 4 is 29.7 Å². The highest BCUT2D eigenvalue weighted by Gasteiger charge is 2.32. The Bertz CT molecular complexity index is 1160. The molecule has 0 aliphatic carbocycles. The second-order valence-electron chi connectivity index (χ2n) is 8.95. The molecule has 0 bridgehead atoms. The van der Waals surface area contributed by atoms with E-state index in [1.165, 1.54) is 31.2 Å². The van der Waals surface area contributed by atoms with Crippen LogP contribution in [0.1, 0.15) is 24.5 Å². The molecule has 2 aromatic rings. The van der Waals surface area contributed by atoms with E-state index in [1.54, 1.807) is 30.3 Å². The van der Waals surface area contributed by atoms with Gasteiger partial charge in [0.15, 0.2) is 0 Å². The quantitative estimate of drug-likeness (QED) is 0.143. The highest BCUT2D eigenvalue weighted by molar-refractivity contribution is 5.95. The molecule has 2 rings (SSSR count). The van der Waals surface area contributed by atoms with E-state index in [0.717, 1.165) is 0 Å². The number of aliphatic hydroxyl groups excluding tert-OH is 1. The SMILES string of the molecule is CC(O)C(N)C(=O)NC(CC(=O)O)C(=O)NC(Cc1ccccc1)C(=O)NC(Cc1ccc(O)cc1)C(=O)O. The molecular formula is C26H32N4O9. The molecule has 0 aliphatic rings. The predicted molar refractivity (Wildman–Crippen MR) is 137 cm³/mol. The predicted octanol–water partition coefficient (Wildman–Crippen LogP) is -1.10. The van der Waals surface area contributed by atoms with Crippen molar-refractivity contribution in [2.75, 3.05) is 0 Å². The summed E-state index contributed by atoms with van der Waals surface area (Å²) in [5.74, 6) is -5.65. The molecular weight excluding hydrogens is 512 g/mol. The molecule has 0 heterocycles. The van der Waals surface area contributed by atoms with Gasteiger partial charge in [0, 0.05) is 12.8 Å². The van der Waals surface area contributed by atoms with E-state index in [4.69, 9.17) is 5.73 Å². The van der Waals surface area contributed by atoms with Crippen molar-refractivity contribution in [3.8, 4) is 5.75 Å². The minimum atomic E-state index is -1.64. The number of amides is 3. The van der Waals surface area contributed by atoms with Crippen LogP contribution in [0.4, 0.5) is 0 Å². The van der Waals surface area contributed by atoms with E-state index < -0.39 is 66.4 Å². The normalized spacial score (nSPS) is 14.6. The van der Waals surface area contributed by atoms with Crippen LogP contribution in [0.3, 0.4) is 0 Å². The van der Waals surface area contributed by atoms with Gasteiger partial charge in [-0.2, -0.15) is 0 Å². The molecule has 5 atom stereocenters. The molecule has 5 unspecified atom stereocenters. The number of rotatable bonds is 14. The highest BCUT2D eigenvalue weighted by atomic mass is 16.4. The summed E-state index contributed by atoms with van der Waals surface area (Å²) in [6.07, 6.45) is -2.33. The van der Waals surface area contributed by atoms with Crippen LogP contribution in [-0.4, -0.2) is 80.4 Å². The maximum absolute atomic E-state index is 13.2. The Kier molecular flexibility index (Phi) is 11.4. The van der Waals surface area contributed by atoms with Gasteiger partial charge in [-0.3, -0.25) is 19.2 Å². The van der Waals surface area contributed by atoms with E-state index in [2.05, 4.69) is 16.0 Å².